The summed E-state index contributed by atoms with van der Waals surface area (Å²) in [5.41, 5.74) is 2.52. The van der Waals surface area contributed by atoms with E-state index in [0.717, 1.165) is 33.9 Å². The van der Waals surface area contributed by atoms with Crippen LogP contribution in [0.3, 0.4) is 0 Å². The maximum Gasteiger partial charge on any atom is 0.243 e. The van der Waals surface area contributed by atoms with Gasteiger partial charge < -0.3 is 9.64 Å². The summed E-state index contributed by atoms with van der Waals surface area (Å²) in [4.78, 5) is 14.6. The largest absolute Gasteiger partial charge is 0.497 e. The number of aryl methyl sites for hydroxylation is 1. The highest BCUT2D eigenvalue weighted by Crippen LogP contribution is 2.35. The Kier molecular flexibility index (Phi) is 5.41. The van der Waals surface area contributed by atoms with Crippen LogP contribution in [0.25, 0.3) is 0 Å². The molecule has 0 spiro atoms. The van der Waals surface area contributed by atoms with Crippen LogP contribution >= 0.6 is 0 Å². The van der Waals surface area contributed by atoms with Gasteiger partial charge in [-0.1, -0.05) is 29.8 Å². The van der Waals surface area contributed by atoms with Crippen molar-refractivity contribution >= 4 is 21.6 Å². The van der Waals surface area contributed by atoms with Crippen LogP contribution in [0.2, 0.25) is 0 Å². The lowest BCUT2D eigenvalue weighted by Gasteiger charge is -2.42. The number of hydrogen-bond acceptors (Lipinski definition) is 4. The van der Waals surface area contributed by atoms with Gasteiger partial charge in [0.25, 0.3) is 0 Å². The summed E-state index contributed by atoms with van der Waals surface area (Å²) in [6.45, 7) is 2.34. The molecule has 144 valence electrons. The van der Waals surface area contributed by atoms with Crippen molar-refractivity contribution in [2.75, 3.05) is 30.8 Å². The number of rotatable bonds is 6. The molecule has 1 aliphatic rings. The molecule has 1 saturated heterocycles. The summed E-state index contributed by atoms with van der Waals surface area (Å²) in [6.07, 6.45) is 1.97. The minimum absolute atomic E-state index is 0.0490. The molecule has 0 unspecified atom stereocenters. The van der Waals surface area contributed by atoms with Crippen molar-refractivity contribution in [3.63, 3.8) is 0 Å². The Morgan fingerprint density at radius 3 is 2.48 bits per heavy atom. The first-order valence-corrected chi connectivity index (χ1v) is 10.6. The highest BCUT2D eigenvalue weighted by Gasteiger charge is 2.35. The Morgan fingerprint density at radius 1 is 1.22 bits per heavy atom. The Labute approximate surface area is 160 Å². The number of methoxy groups -OCH3 is 1. The lowest BCUT2D eigenvalue weighted by molar-refractivity contribution is -0.137. The Hall–Kier alpha value is -2.54. The zero-order valence-electron chi connectivity index (χ0n) is 15.8. The van der Waals surface area contributed by atoms with Crippen molar-refractivity contribution in [1.82, 2.24) is 4.90 Å². The van der Waals surface area contributed by atoms with Crippen molar-refractivity contribution in [2.45, 2.75) is 19.4 Å². The van der Waals surface area contributed by atoms with Crippen LogP contribution in [0.5, 0.6) is 5.75 Å². The fourth-order valence-electron chi connectivity index (χ4n) is 3.21. The first-order chi connectivity index (χ1) is 12.8. The topological polar surface area (TPSA) is 66.9 Å². The molecule has 0 aliphatic carbocycles. The van der Waals surface area contributed by atoms with Crippen molar-refractivity contribution in [3.8, 4) is 5.75 Å². The Morgan fingerprint density at radius 2 is 1.93 bits per heavy atom. The Balaban J connectivity index is 1.78. The molecule has 2 aromatic carbocycles. The number of ether oxygens (including phenoxy) is 1. The number of amides is 1. The molecular formula is C20H24N2O4S. The quantitative estimate of drug-likeness (QED) is 0.763. The monoisotopic (exact) mass is 388 g/mol. The molecule has 1 amide bonds. The molecule has 1 atom stereocenters. The van der Waals surface area contributed by atoms with E-state index in [1.807, 2.05) is 43.3 Å². The molecule has 6 nitrogen and oxygen atoms in total. The van der Waals surface area contributed by atoms with E-state index < -0.39 is 10.0 Å². The molecular weight excluding hydrogens is 364 g/mol. The summed E-state index contributed by atoms with van der Waals surface area (Å²) in [7, 11) is -1.96. The molecule has 7 heteroatoms. The van der Waals surface area contributed by atoms with Crippen molar-refractivity contribution in [3.05, 3.63) is 59.7 Å². The van der Waals surface area contributed by atoms with E-state index in [2.05, 4.69) is 0 Å². The van der Waals surface area contributed by atoms with E-state index in [0.29, 0.717) is 12.2 Å². The van der Waals surface area contributed by atoms with Gasteiger partial charge in [0, 0.05) is 6.54 Å². The molecule has 0 radical (unpaired) electrons. The van der Waals surface area contributed by atoms with Gasteiger partial charge in [-0.25, -0.2) is 8.42 Å². The molecule has 0 N–H and O–H groups in total. The first-order valence-electron chi connectivity index (χ1n) is 8.77. The zero-order chi connectivity index (χ0) is 19.6. The Bertz CT molecular complexity index is 925. The second kappa shape index (κ2) is 7.60. The summed E-state index contributed by atoms with van der Waals surface area (Å²) in [6, 6.07) is 14.7. The number of nitrogens with zero attached hydrogens (tertiary/aromatic N) is 2. The minimum Gasteiger partial charge on any atom is -0.497 e. The average molecular weight is 388 g/mol. The van der Waals surface area contributed by atoms with Crippen molar-refractivity contribution in [2.24, 2.45) is 0 Å². The van der Waals surface area contributed by atoms with E-state index in [1.54, 1.807) is 24.1 Å². The van der Waals surface area contributed by atoms with E-state index in [4.69, 9.17) is 4.74 Å². The number of benzene rings is 2. The molecule has 2 aromatic rings. The van der Waals surface area contributed by atoms with Gasteiger partial charge in [0.15, 0.2) is 0 Å². The van der Waals surface area contributed by atoms with Crippen molar-refractivity contribution in [1.29, 1.82) is 0 Å². The summed E-state index contributed by atoms with van der Waals surface area (Å²) >= 11 is 0. The molecule has 1 fully saturated rings. The van der Waals surface area contributed by atoms with Gasteiger partial charge in [-0.3, -0.25) is 9.10 Å². The number of carbonyl (C=O) groups excluding carboxylic acids is 1. The van der Waals surface area contributed by atoms with Gasteiger partial charge in [-0.05, 0) is 43.2 Å². The van der Waals surface area contributed by atoms with Gasteiger partial charge in [-0.15, -0.1) is 0 Å². The zero-order valence-corrected chi connectivity index (χ0v) is 16.6. The van der Waals surface area contributed by atoms with Crippen LogP contribution in [0.1, 0.15) is 23.6 Å². The predicted octanol–water partition coefficient (Wildman–Crippen LogP) is 2.74. The van der Waals surface area contributed by atoms with Crippen LogP contribution < -0.4 is 9.04 Å². The number of anilines is 1. The third-order valence-corrected chi connectivity index (χ3v) is 5.96. The number of sulfonamides is 1. The number of hydrogen-bond donors (Lipinski definition) is 0. The normalized spacial score (nSPS) is 16.6. The summed E-state index contributed by atoms with van der Waals surface area (Å²) < 4.78 is 30.9. The fraction of sp³-hybridized carbons (Fsp3) is 0.350. The van der Waals surface area contributed by atoms with Crippen LogP contribution in [-0.2, 0) is 14.8 Å². The van der Waals surface area contributed by atoms with Crippen molar-refractivity contribution < 1.29 is 17.9 Å². The molecule has 1 heterocycles. The van der Waals surface area contributed by atoms with E-state index >= 15 is 0 Å². The van der Waals surface area contributed by atoms with E-state index in [-0.39, 0.29) is 18.5 Å². The number of likely N-dealkylation sites (tertiary alicyclic amines) is 1. The third kappa shape index (κ3) is 4.24. The molecule has 0 saturated carbocycles. The van der Waals surface area contributed by atoms with Gasteiger partial charge in [0.2, 0.25) is 15.9 Å². The standard InChI is InChI=1S/C20H24N2O4S/c1-15-7-9-17(10-8-15)22(27(3,24)25)14-20(23)21-12-11-19(21)16-5-4-6-18(13-16)26-2/h4-10,13,19H,11-12,14H2,1-3H3/t19-/m0/s1. The fourth-order valence-corrected chi connectivity index (χ4v) is 4.06. The minimum atomic E-state index is -3.57. The van der Waals surface area contributed by atoms with Crippen LogP contribution in [0.4, 0.5) is 5.69 Å². The third-order valence-electron chi connectivity index (χ3n) is 4.82. The molecule has 27 heavy (non-hydrogen) atoms. The highest BCUT2D eigenvalue weighted by atomic mass is 32.2. The lowest BCUT2D eigenvalue weighted by atomic mass is 9.94. The van der Waals surface area contributed by atoms with E-state index in [1.165, 1.54) is 0 Å². The lowest BCUT2D eigenvalue weighted by Crippen LogP contribution is -2.50. The van der Waals surface area contributed by atoms with Gasteiger partial charge in [0.1, 0.15) is 12.3 Å². The van der Waals surface area contributed by atoms with Crippen LogP contribution in [0, 0.1) is 6.92 Å². The SMILES string of the molecule is COc1cccc([C@@H]2CCN2C(=O)CN(c2ccc(C)cc2)S(C)(=O)=O)c1. The van der Waals surface area contributed by atoms with Crippen LogP contribution in [-0.4, -0.2) is 45.7 Å². The van der Waals surface area contributed by atoms with E-state index in [9.17, 15) is 13.2 Å². The van der Waals surface area contributed by atoms with Crippen LogP contribution in [0.15, 0.2) is 48.5 Å². The molecule has 1 aliphatic heterocycles. The average Bonchev–Trinajstić information content (AvgIpc) is 2.59. The summed E-state index contributed by atoms with van der Waals surface area (Å²) in [5.74, 6) is 0.532. The maximum absolute atomic E-state index is 12.8. The van der Waals surface area contributed by atoms with Gasteiger partial charge >= 0.3 is 0 Å². The first kappa shape index (κ1) is 19.2. The highest BCUT2D eigenvalue weighted by molar-refractivity contribution is 7.92. The number of carbonyl (C=O) groups is 1. The van der Waals surface area contributed by atoms with Gasteiger partial charge in [-0.2, -0.15) is 0 Å². The predicted molar refractivity (Wildman–Crippen MR) is 105 cm³/mol. The second-order valence-electron chi connectivity index (χ2n) is 6.77. The molecule has 3 rings (SSSR count). The molecule has 0 aromatic heterocycles. The smallest absolute Gasteiger partial charge is 0.243 e. The summed E-state index contributed by atoms with van der Waals surface area (Å²) in [5, 5.41) is 0. The maximum atomic E-state index is 12.8. The van der Waals surface area contributed by atoms with Gasteiger partial charge in [0.05, 0.1) is 25.1 Å². The second-order valence-corrected chi connectivity index (χ2v) is 8.68. The molecule has 0 bridgehead atoms.